The topological polar surface area (TPSA) is 90.9 Å². The van der Waals surface area contributed by atoms with Gasteiger partial charge in [-0.1, -0.05) is 11.3 Å². The van der Waals surface area contributed by atoms with Gasteiger partial charge in [-0.15, -0.1) is 0 Å². The lowest BCUT2D eigenvalue weighted by Crippen LogP contribution is -2.32. The van der Waals surface area contributed by atoms with E-state index in [4.69, 9.17) is 18.9 Å². The molecule has 0 radical (unpaired) electrons. The number of nitrogens with zero attached hydrogens (tertiary/aromatic N) is 1. The summed E-state index contributed by atoms with van der Waals surface area (Å²) in [6.07, 6.45) is 1.28. The van der Waals surface area contributed by atoms with E-state index in [1.165, 1.54) is 17.6 Å². The van der Waals surface area contributed by atoms with Gasteiger partial charge in [-0.2, -0.15) is 0 Å². The fourth-order valence-corrected chi connectivity index (χ4v) is 2.93. The van der Waals surface area contributed by atoms with E-state index in [0.717, 1.165) is 4.70 Å². The first kappa shape index (κ1) is 15.2. The van der Waals surface area contributed by atoms with Crippen LogP contribution in [0.2, 0.25) is 0 Å². The molecule has 8 nitrogen and oxygen atoms in total. The van der Waals surface area contributed by atoms with Crippen molar-refractivity contribution in [3.63, 3.8) is 0 Å². The second-order valence-corrected chi connectivity index (χ2v) is 5.45. The molecule has 0 aliphatic carbocycles. The highest BCUT2D eigenvalue weighted by Crippen LogP contribution is 2.38. The molecule has 0 saturated carbocycles. The molecule has 1 aromatic carbocycles. The Balaban J connectivity index is 1.78. The van der Waals surface area contributed by atoms with Crippen LogP contribution in [0.1, 0.15) is 0 Å². The first-order chi connectivity index (χ1) is 11.2. The first-order valence-electron chi connectivity index (χ1n) is 6.75. The van der Waals surface area contributed by atoms with Gasteiger partial charge in [0.2, 0.25) is 10.9 Å². The lowest BCUT2D eigenvalue weighted by molar-refractivity contribution is -0.121. The molecule has 122 valence electrons. The maximum Gasteiger partial charge on any atom is 0.307 e. The Kier molecular flexibility index (Phi) is 4.38. The van der Waals surface area contributed by atoms with Gasteiger partial charge in [-0.25, -0.2) is 4.98 Å². The first-order valence-corrected chi connectivity index (χ1v) is 7.57. The Morgan fingerprint density at radius 2 is 2.04 bits per heavy atom. The third-order valence-corrected chi connectivity index (χ3v) is 4.05. The van der Waals surface area contributed by atoms with Gasteiger partial charge in [0.15, 0.2) is 0 Å². The standard InChI is InChI=1S/C14H15N3O5S/c1-19-8-3-4-9(20-2)12-11(8)15-14(23-12)17-16-13(18)10-7-21-5-6-22-10/h3-4,7H,5-6H2,1-2H3,(H,15,17)(H,16,18). The van der Waals surface area contributed by atoms with E-state index in [1.807, 2.05) is 0 Å². The molecule has 9 heteroatoms. The van der Waals surface area contributed by atoms with Crippen LogP contribution in [0.4, 0.5) is 5.13 Å². The average Bonchev–Trinajstić information content (AvgIpc) is 3.03. The molecule has 2 heterocycles. The number of hydrogen-bond donors (Lipinski definition) is 2. The summed E-state index contributed by atoms with van der Waals surface area (Å²) in [5.41, 5.74) is 5.92. The Bertz CT molecular complexity index is 717. The Morgan fingerprint density at radius 1 is 1.26 bits per heavy atom. The van der Waals surface area contributed by atoms with Crippen LogP contribution in [0.15, 0.2) is 24.2 Å². The van der Waals surface area contributed by atoms with Crippen molar-refractivity contribution >= 4 is 32.6 Å². The SMILES string of the molecule is COc1ccc(OC)c2sc(NNC(=O)C3=COCCO3)nc12. The molecule has 2 N–H and O–H groups in total. The van der Waals surface area contributed by atoms with Crippen molar-refractivity contribution in [1.82, 2.24) is 10.4 Å². The smallest absolute Gasteiger partial charge is 0.307 e. The molecular formula is C14H15N3O5S. The van der Waals surface area contributed by atoms with Crippen LogP contribution in [-0.4, -0.2) is 38.3 Å². The number of fused-ring (bicyclic) bond motifs is 1. The van der Waals surface area contributed by atoms with Gasteiger partial charge < -0.3 is 18.9 Å². The van der Waals surface area contributed by atoms with Gasteiger partial charge in [-0.3, -0.25) is 15.6 Å². The minimum Gasteiger partial charge on any atom is -0.495 e. The largest absolute Gasteiger partial charge is 0.495 e. The van der Waals surface area contributed by atoms with E-state index in [-0.39, 0.29) is 5.76 Å². The normalized spacial score (nSPS) is 13.6. The zero-order valence-corrected chi connectivity index (χ0v) is 13.4. The van der Waals surface area contributed by atoms with Gasteiger partial charge in [0.25, 0.3) is 0 Å². The Morgan fingerprint density at radius 3 is 2.74 bits per heavy atom. The molecule has 1 amide bonds. The molecular weight excluding hydrogens is 322 g/mol. The number of nitrogens with one attached hydrogen (secondary N) is 2. The molecule has 0 bridgehead atoms. The van der Waals surface area contributed by atoms with Crippen LogP contribution in [0.25, 0.3) is 10.2 Å². The number of anilines is 1. The highest BCUT2D eigenvalue weighted by atomic mass is 32.1. The quantitative estimate of drug-likeness (QED) is 0.802. The summed E-state index contributed by atoms with van der Waals surface area (Å²) in [7, 11) is 3.16. The van der Waals surface area contributed by atoms with Crippen molar-refractivity contribution in [2.24, 2.45) is 0 Å². The molecule has 0 saturated heterocycles. The predicted octanol–water partition coefficient (Wildman–Crippen LogP) is 1.64. The number of hydrogen-bond acceptors (Lipinski definition) is 8. The van der Waals surface area contributed by atoms with E-state index < -0.39 is 5.91 Å². The number of hydrazine groups is 1. The second-order valence-electron chi connectivity index (χ2n) is 4.45. The molecule has 0 unspecified atom stereocenters. The summed E-state index contributed by atoms with van der Waals surface area (Å²) in [6.45, 7) is 0.774. The molecule has 0 fully saturated rings. The molecule has 1 aliphatic heterocycles. The van der Waals surface area contributed by atoms with Crippen molar-refractivity contribution in [3.05, 3.63) is 24.2 Å². The van der Waals surface area contributed by atoms with Crippen molar-refractivity contribution in [2.45, 2.75) is 0 Å². The number of carbonyl (C=O) groups is 1. The Hall–Kier alpha value is -2.68. The van der Waals surface area contributed by atoms with Crippen molar-refractivity contribution in [2.75, 3.05) is 32.9 Å². The molecule has 1 aromatic heterocycles. The van der Waals surface area contributed by atoms with Crippen LogP contribution in [0.3, 0.4) is 0 Å². The van der Waals surface area contributed by atoms with Crippen molar-refractivity contribution < 1.29 is 23.7 Å². The van der Waals surface area contributed by atoms with Crippen LogP contribution in [-0.2, 0) is 14.3 Å². The predicted molar refractivity (Wildman–Crippen MR) is 84.5 cm³/mol. The Labute approximate surface area is 136 Å². The maximum absolute atomic E-state index is 11.9. The molecule has 1 aliphatic rings. The van der Waals surface area contributed by atoms with Crippen LogP contribution in [0, 0.1) is 0 Å². The summed E-state index contributed by atoms with van der Waals surface area (Å²) >= 11 is 1.33. The van der Waals surface area contributed by atoms with Crippen molar-refractivity contribution in [3.8, 4) is 11.5 Å². The molecule has 2 aromatic rings. The number of rotatable bonds is 5. The summed E-state index contributed by atoms with van der Waals surface area (Å²) in [4.78, 5) is 16.3. The van der Waals surface area contributed by atoms with Gasteiger partial charge in [0.05, 0.1) is 14.2 Å². The zero-order valence-electron chi connectivity index (χ0n) is 12.5. The zero-order chi connectivity index (χ0) is 16.2. The minimum absolute atomic E-state index is 0.111. The number of methoxy groups -OCH3 is 2. The number of thiazole rings is 1. The second kappa shape index (κ2) is 6.61. The molecule has 0 spiro atoms. The van der Waals surface area contributed by atoms with Crippen LogP contribution >= 0.6 is 11.3 Å². The van der Waals surface area contributed by atoms with E-state index >= 15 is 0 Å². The highest BCUT2D eigenvalue weighted by molar-refractivity contribution is 7.22. The van der Waals surface area contributed by atoms with Gasteiger partial charge >= 0.3 is 5.91 Å². The summed E-state index contributed by atoms with van der Waals surface area (Å²) in [5, 5.41) is 0.494. The summed E-state index contributed by atoms with van der Waals surface area (Å²) in [6, 6.07) is 3.58. The average molecular weight is 337 g/mol. The van der Waals surface area contributed by atoms with Crippen LogP contribution in [0.5, 0.6) is 11.5 Å². The molecule has 23 heavy (non-hydrogen) atoms. The highest BCUT2D eigenvalue weighted by Gasteiger charge is 2.17. The lowest BCUT2D eigenvalue weighted by Gasteiger charge is -2.14. The molecule has 3 rings (SSSR count). The number of amides is 1. The summed E-state index contributed by atoms with van der Waals surface area (Å²) in [5.74, 6) is 0.982. The number of aromatic nitrogens is 1. The van der Waals surface area contributed by atoms with E-state index in [0.29, 0.717) is 35.4 Å². The molecule has 0 atom stereocenters. The van der Waals surface area contributed by atoms with E-state index in [2.05, 4.69) is 15.8 Å². The van der Waals surface area contributed by atoms with Crippen molar-refractivity contribution in [1.29, 1.82) is 0 Å². The lowest BCUT2D eigenvalue weighted by atomic mass is 10.3. The minimum atomic E-state index is -0.442. The fraction of sp³-hybridized carbons (Fsp3) is 0.286. The fourth-order valence-electron chi connectivity index (χ4n) is 2.00. The van der Waals surface area contributed by atoms with Gasteiger partial charge in [0.1, 0.15) is 41.2 Å². The number of carbonyl (C=O) groups excluding carboxylic acids is 1. The number of ether oxygens (including phenoxy) is 4. The van der Waals surface area contributed by atoms with E-state index in [1.54, 1.807) is 26.4 Å². The third-order valence-electron chi connectivity index (χ3n) is 3.07. The monoisotopic (exact) mass is 337 g/mol. The third kappa shape index (κ3) is 3.09. The van der Waals surface area contributed by atoms with E-state index in [9.17, 15) is 4.79 Å². The van der Waals surface area contributed by atoms with Crippen LogP contribution < -0.4 is 20.3 Å². The number of benzene rings is 1. The van der Waals surface area contributed by atoms with Gasteiger partial charge in [-0.05, 0) is 12.1 Å². The van der Waals surface area contributed by atoms with Gasteiger partial charge in [0, 0.05) is 0 Å². The summed E-state index contributed by atoms with van der Waals surface area (Å²) < 4.78 is 21.7. The maximum atomic E-state index is 11.9.